The fraction of sp³-hybridized carbons (Fsp3) is 0.185. The van der Waals surface area contributed by atoms with Crippen LogP contribution in [0.1, 0.15) is 39.9 Å². The number of methoxy groups -OCH3 is 2. The number of anilines is 1. The molecule has 4 rings (SSSR count). The maximum absolute atomic E-state index is 11.5. The minimum Gasteiger partial charge on any atom is -0.496 e. The number of H-pyrrole nitrogens is 1. The van der Waals surface area contributed by atoms with Crippen LogP contribution in [0.2, 0.25) is 0 Å². The Labute approximate surface area is 220 Å². The lowest BCUT2D eigenvalue weighted by atomic mass is 9.91. The number of carbonyl (C=O) groups excluding carboxylic acids is 1. The van der Waals surface area contributed by atoms with Gasteiger partial charge in [0.15, 0.2) is 0 Å². The van der Waals surface area contributed by atoms with Crippen LogP contribution >= 0.6 is 0 Å². The molecule has 0 aliphatic carbocycles. The number of carboxylic acids is 1. The highest BCUT2D eigenvalue weighted by Crippen LogP contribution is 2.36. The number of hydrogen-bond donors (Lipinski definition) is 4. The summed E-state index contributed by atoms with van der Waals surface area (Å²) < 4.78 is 31.7. The van der Waals surface area contributed by atoms with E-state index in [0.717, 1.165) is 22.0 Å². The number of primary sulfonamides is 1. The Morgan fingerprint density at radius 2 is 1.74 bits per heavy atom. The minimum absolute atomic E-state index is 0.0649. The number of rotatable bonds is 6. The number of aryl methyl sites for hydroxylation is 1. The van der Waals surface area contributed by atoms with Gasteiger partial charge in [-0.2, -0.15) is 0 Å². The van der Waals surface area contributed by atoms with Crippen LogP contribution in [0.3, 0.4) is 0 Å². The van der Waals surface area contributed by atoms with Gasteiger partial charge in [0.25, 0.3) is 0 Å². The first-order valence-corrected chi connectivity index (χ1v) is 13.0. The monoisotopic (exact) mass is 539 g/mol. The van der Waals surface area contributed by atoms with E-state index in [-0.39, 0.29) is 16.4 Å². The summed E-state index contributed by atoms with van der Waals surface area (Å²) in [5.41, 5.74) is 4.26. The molecule has 10 nitrogen and oxygen atoms in total. The summed E-state index contributed by atoms with van der Waals surface area (Å²) >= 11 is 0. The molecular formula is C27H29N3O7S. The molecule has 5 N–H and O–H groups in total. The number of aromatic nitrogens is 1. The highest BCUT2D eigenvalue weighted by atomic mass is 32.2. The van der Waals surface area contributed by atoms with Gasteiger partial charge in [-0.15, -0.1) is 0 Å². The lowest BCUT2D eigenvalue weighted by Gasteiger charge is -2.16. The second kappa shape index (κ2) is 11.8. The summed E-state index contributed by atoms with van der Waals surface area (Å²) in [5.74, 6) is -0.552. The Morgan fingerprint density at radius 1 is 1.03 bits per heavy atom. The molecule has 0 spiro atoms. The lowest BCUT2D eigenvalue weighted by Crippen LogP contribution is -2.13. The van der Waals surface area contributed by atoms with Gasteiger partial charge in [0.2, 0.25) is 10.0 Å². The molecule has 0 bridgehead atoms. The quantitative estimate of drug-likeness (QED) is 0.272. The molecular weight excluding hydrogens is 510 g/mol. The third kappa shape index (κ3) is 6.50. The number of sulfonamides is 1. The predicted molar refractivity (Wildman–Crippen MR) is 144 cm³/mol. The van der Waals surface area contributed by atoms with Crippen molar-refractivity contribution in [1.82, 2.24) is 4.98 Å². The summed E-state index contributed by atoms with van der Waals surface area (Å²) in [4.78, 5) is 26.1. The maximum Gasteiger partial charge on any atom is 0.411 e. The molecule has 0 saturated heterocycles. The number of amides is 1. The van der Waals surface area contributed by atoms with E-state index in [1.165, 1.54) is 26.4 Å². The third-order valence-corrected chi connectivity index (χ3v) is 7.03. The molecule has 0 radical (unpaired) electrons. The van der Waals surface area contributed by atoms with Crippen LogP contribution in [0.25, 0.3) is 10.9 Å². The second-order valence-corrected chi connectivity index (χ2v) is 9.94. The van der Waals surface area contributed by atoms with Crippen molar-refractivity contribution in [2.45, 2.75) is 24.7 Å². The topological polar surface area (TPSA) is 161 Å². The lowest BCUT2D eigenvalue weighted by molar-refractivity contribution is 0.0696. The highest BCUT2D eigenvalue weighted by Gasteiger charge is 2.19. The molecule has 1 aromatic heterocycles. The van der Waals surface area contributed by atoms with Crippen molar-refractivity contribution in [3.63, 3.8) is 0 Å². The van der Waals surface area contributed by atoms with E-state index < -0.39 is 22.1 Å². The van der Waals surface area contributed by atoms with Crippen molar-refractivity contribution in [1.29, 1.82) is 0 Å². The van der Waals surface area contributed by atoms with Crippen molar-refractivity contribution in [3.8, 4) is 5.75 Å². The zero-order valence-corrected chi connectivity index (χ0v) is 22.1. The van der Waals surface area contributed by atoms with Crippen LogP contribution in [0.5, 0.6) is 5.75 Å². The molecule has 1 heterocycles. The number of carbonyl (C=O) groups is 2. The number of ether oxygens (including phenoxy) is 2. The number of fused-ring (bicyclic) bond motifs is 1. The van der Waals surface area contributed by atoms with Crippen LogP contribution < -0.4 is 15.2 Å². The summed E-state index contributed by atoms with van der Waals surface area (Å²) in [7, 11) is -0.705. The Hall–Kier alpha value is -4.35. The van der Waals surface area contributed by atoms with Gasteiger partial charge in [0, 0.05) is 34.3 Å². The van der Waals surface area contributed by atoms with Gasteiger partial charge in [0.1, 0.15) is 5.75 Å². The van der Waals surface area contributed by atoms with Gasteiger partial charge in [-0.1, -0.05) is 31.2 Å². The maximum atomic E-state index is 11.5. The average Bonchev–Trinajstić information content (AvgIpc) is 3.31. The summed E-state index contributed by atoms with van der Waals surface area (Å²) in [6.07, 6.45) is 1.37. The van der Waals surface area contributed by atoms with Gasteiger partial charge in [-0.3, -0.25) is 5.32 Å². The van der Waals surface area contributed by atoms with Crippen LogP contribution in [0.15, 0.2) is 71.8 Å². The first-order valence-electron chi connectivity index (χ1n) is 11.4. The fourth-order valence-electron chi connectivity index (χ4n) is 3.99. The SMILES string of the molecule is COC(=O)Nc1ccc2[nH]cc(C(C)c3ccc(C(=O)O)cc3OC)c2c1.Cc1ccccc1S(N)(=O)=O. The number of hydrogen-bond acceptors (Lipinski definition) is 6. The second-order valence-electron chi connectivity index (χ2n) is 8.42. The van der Waals surface area contributed by atoms with Gasteiger partial charge in [-0.05, 0) is 54.4 Å². The zero-order valence-electron chi connectivity index (χ0n) is 21.3. The number of benzene rings is 3. The van der Waals surface area contributed by atoms with E-state index >= 15 is 0 Å². The highest BCUT2D eigenvalue weighted by molar-refractivity contribution is 7.89. The van der Waals surface area contributed by atoms with E-state index in [0.29, 0.717) is 17.0 Å². The zero-order chi connectivity index (χ0) is 28.0. The molecule has 1 unspecified atom stereocenters. The molecule has 4 aromatic rings. The Balaban J connectivity index is 0.000000304. The van der Waals surface area contributed by atoms with Crippen LogP contribution in [-0.2, 0) is 14.8 Å². The molecule has 0 saturated carbocycles. The van der Waals surface area contributed by atoms with Crippen molar-refractivity contribution in [2.75, 3.05) is 19.5 Å². The fourth-order valence-corrected chi connectivity index (χ4v) is 4.78. The molecule has 3 aromatic carbocycles. The molecule has 38 heavy (non-hydrogen) atoms. The number of aromatic amines is 1. The first-order chi connectivity index (χ1) is 18.0. The number of nitrogens with one attached hydrogen (secondary N) is 2. The molecule has 11 heteroatoms. The van der Waals surface area contributed by atoms with Crippen LogP contribution in [-0.4, -0.2) is 44.8 Å². The van der Waals surface area contributed by atoms with Gasteiger partial charge >= 0.3 is 12.1 Å². The van der Waals surface area contributed by atoms with E-state index in [4.69, 9.17) is 9.88 Å². The molecule has 0 aliphatic heterocycles. The van der Waals surface area contributed by atoms with Crippen molar-refractivity contribution in [2.24, 2.45) is 5.14 Å². The van der Waals surface area contributed by atoms with Crippen LogP contribution in [0, 0.1) is 6.92 Å². The van der Waals surface area contributed by atoms with Crippen molar-refractivity contribution < 1.29 is 32.6 Å². The number of carboxylic acid groups (broad SMARTS) is 1. The minimum atomic E-state index is -3.53. The molecule has 200 valence electrons. The van der Waals surface area contributed by atoms with E-state index in [2.05, 4.69) is 15.0 Å². The van der Waals surface area contributed by atoms with Crippen LogP contribution in [0.4, 0.5) is 10.5 Å². The average molecular weight is 540 g/mol. The predicted octanol–water partition coefficient (Wildman–Crippen LogP) is 4.85. The smallest absolute Gasteiger partial charge is 0.411 e. The van der Waals surface area contributed by atoms with E-state index in [1.54, 1.807) is 43.3 Å². The third-order valence-electron chi connectivity index (χ3n) is 5.96. The summed E-state index contributed by atoms with van der Waals surface area (Å²) in [6.45, 7) is 3.72. The molecule has 1 amide bonds. The molecule has 0 aliphatic rings. The largest absolute Gasteiger partial charge is 0.496 e. The van der Waals surface area contributed by atoms with Crippen molar-refractivity contribution >= 4 is 38.7 Å². The first kappa shape index (κ1) is 28.2. The Bertz CT molecular complexity index is 1580. The van der Waals surface area contributed by atoms with E-state index in [9.17, 15) is 23.1 Å². The van der Waals surface area contributed by atoms with E-state index in [1.807, 2.05) is 25.3 Å². The standard InChI is InChI=1S/C20H20N2O5.C7H9NO2S/c1-11(14-6-4-12(19(23)24)8-18(14)26-2)16-10-21-17-7-5-13(9-15(16)17)22-20(25)27-3;1-6-4-2-3-5-7(6)11(8,9)10/h4-11,21H,1-3H3,(H,22,25)(H,23,24);2-5H,1H3,(H2,8,9,10). The molecule has 0 fully saturated rings. The van der Waals surface area contributed by atoms with Crippen molar-refractivity contribution in [3.05, 3.63) is 89.1 Å². The van der Waals surface area contributed by atoms with Gasteiger partial charge in [0.05, 0.1) is 24.7 Å². The normalized spacial score (nSPS) is 11.7. The van der Waals surface area contributed by atoms with Gasteiger partial charge in [-0.25, -0.2) is 23.1 Å². The summed E-state index contributed by atoms with van der Waals surface area (Å²) in [6, 6.07) is 17.0. The number of aromatic carboxylic acids is 1. The Kier molecular flexibility index (Phi) is 8.76. The summed E-state index contributed by atoms with van der Waals surface area (Å²) in [5, 5.41) is 17.7. The molecule has 1 atom stereocenters. The van der Waals surface area contributed by atoms with Gasteiger partial charge < -0.3 is 19.6 Å². The number of nitrogens with two attached hydrogens (primary N) is 1. The Morgan fingerprint density at radius 3 is 2.32 bits per heavy atom.